The van der Waals surface area contributed by atoms with Gasteiger partial charge < -0.3 is 10.5 Å². The molecular weight excluding hydrogens is 166 g/mol. The van der Waals surface area contributed by atoms with Crippen molar-refractivity contribution in [2.24, 2.45) is 7.05 Å². The number of nitrogens with zero attached hydrogens (tertiary/aromatic N) is 2. The molecule has 1 unspecified atom stereocenters. The minimum atomic E-state index is 0.169. The Morgan fingerprint density at radius 3 is 3.00 bits per heavy atom. The van der Waals surface area contributed by atoms with Crippen molar-refractivity contribution >= 4 is 5.82 Å². The number of aryl methyl sites for hydroxylation is 1. The van der Waals surface area contributed by atoms with Crippen molar-refractivity contribution in [3.05, 3.63) is 11.8 Å². The lowest BCUT2D eigenvalue weighted by Gasteiger charge is -2.21. The van der Waals surface area contributed by atoms with E-state index in [-0.39, 0.29) is 6.10 Å². The molecule has 0 saturated carbocycles. The molecule has 1 aliphatic rings. The molecule has 4 nitrogen and oxygen atoms in total. The Hall–Kier alpha value is -1.03. The number of hydrogen-bond donors (Lipinski definition) is 1. The van der Waals surface area contributed by atoms with Gasteiger partial charge in [0, 0.05) is 19.2 Å². The summed E-state index contributed by atoms with van der Waals surface area (Å²) in [6.07, 6.45) is 5.43. The quantitative estimate of drug-likeness (QED) is 0.709. The summed E-state index contributed by atoms with van der Waals surface area (Å²) in [5, 5.41) is 4.10. The van der Waals surface area contributed by atoms with Crippen LogP contribution in [0.1, 0.15) is 30.9 Å². The standard InChI is InChI=1S/C9H15N3O/c1-12-9(10)7(6-11-12)8-4-2-3-5-13-8/h6,8H,2-5,10H2,1H3. The maximum atomic E-state index is 5.85. The zero-order valence-corrected chi connectivity index (χ0v) is 7.86. The summed E-state index contributed by atoms with van der Waals surface area (Å²) < 4.78 is 7.31. The molecule has 2 heterocycles. The topological polar surface area (TPSA) is 53.1 Å². The van der Waals surface area contributed by atoms with Gasteiger partial charge in [-0.1, -0.05) is 0 Å². The van der Waals surface area contributed by atoms with Gasteiger partial charge in [0.05, 0.1) is 12.3 Å². The molecule has 1 aromatic heterocycles. The van der Waals surface area contributed by atoms with Crippen LogP contribution in [0.15, 0.2) is 6.20 Å². The van der Waals surface area contributed by atoms with Crippen molar-refractivity contribution in [3.8, 4) is 0 Å². The van der Waals surface area contributed by atoms with Crippen LogP contribution in [0.3, 0.4) is 0 Å². The molecule has 1 fully saturated rings. The number of rotatable bonds is 1. The molecule has 13 heavy (non-hydrogen) atoms. The molecule has 0 aliphatic carbocycles. The summed E-state index contributed by atoms with van der Waals surface area (Å²) in [4.78, 5) is 0. The van der Waals surface area contributed by atoms with Crippen molar-refractivity contribution in [2.45, 2.75) is 25.4 Å². The van der Waals surface area contributed by atoms with Gasteiger partial charge in [0.2, 0.25) is 0 Å². The second-order valence-electron chi connectivity index (χ2n) is 3.46. The van der Waals surface area contributed by atoms with Crippen molar-refractivity contribution in [1.82, 2.24) is 9.78 Å². The lowest BCUT2D eigenvalue weighted by molar-refractivity contribution is 0.0154. The van der Waals surface area contributed by atoms with E-state index in [9.17, 15) is 0 Å². The molecule has 0 aromatic carbocycles. The summed E-state index contributed by atoms with van der Waals surface area (Å²) in [5.74, 6) is 0.729. The first-order valence-corrected chi connectivity index (χ1v) is 4.68. The molecule has 72 valence electrons. The SMILES string of the molecule is Cn1ncc(C2CCCCO2)c1N. The number of ether oxygens (including phenoxy) is 1. The lowest BCUT2D eigenvalue weighted by Crippen LogP contribution is -2.12. The Kier molecular flexibility index (Phi) is 2.22. The summed E-state index contributed by atoms with van der Waals surface area (Å²) in [6.45, 7) is 0.846. The number of nitrogen functional groups attached to an aromatic ring is 1. The highest BCUT2D eigenvalue weighted by molar-refractivity contribution is 5.40. The van der Waals surface area contributed by atoms with Crippen LogP contribution in [-0.2, 0) is 11.8 Å². The average molecular weight is 181 g/mol. The smallest absolute Gasteiger partial charge is 0.127 e. The zero-order chi connectivity index (χ0) is 9.26. The van der Waals surface area contributed by atoms with E-state index in [2.05, 4.69) is 5.10 Å². The minimum Gasteiger partial charge on any atom is -0.384 e. The largest absolute Gasteiger partial charge is 0.384 e. The fraction of sp³-hybridized carbons (Fsp3) is 0.667. The molecule has 2 N–H and O–H groups in total. The third kappa shape index (κ3) is 1.54. The van der Waals surface area contributed by atoms with Crippen LogP contribution in [0.5, 0.6) is 0 Å². The second-order valence-corrected chi connectivity index (χ2v) is 3.46. The fourth-order valence-electron chi connectivity index (χ4n) is 1.70. The van der Waals surface area contributed by atoms with E-state index in [4.69, 9.17) is 10.5 Å². The molecule has 1 atom stereocenters. The first kappa shape index (κ1) is 8.56. The summed E-state index contributed by atoms with van der Waals surface area (Å²) >= 11 is 0. The normalized spacial score (nSPS) is 23.3. The maximum absolute atomic E-state index is 5.85. The molecule has 1 saturated heterocycles. The van der Waals surface area contributed by atoms with E-state index in [1.807, 2.05) is 13.2 Å². The monoisotopic (exact) mass is 181 g/mol. The van der Waals surface area contributed by atoms with Gasteiger partial charge in [-0.3, -0.25) is 4.68 Å². The highest BCUT2D eigenvalue weighted by Crippen LogP contribution is 2.30. The number of hydrogen-bond acceptors (Lipinski definition) is 3. The third-order valence-electron chi connectivity index (χ3n) is 2.54. The lowest BCUT2D eigenvalue weighted by atomic mass is 10.0. The Morgan fingerprint density at radius 2 is 2.46 bits per heavy atom. The summed E-state index contributed by atoms with van der Waals surface area (Å²) in [6, 6.07) is 0. The van der Waals surface area contributed by atoms with Crippen LogP contribution < -0.4 is 5.73 Å². The predicted molar refractivity (Wildman–Crippen MR) is 50.2 cm³/mol. The number of anilines is 1. The molecule has 0 radical (unpaired) electrons. The molecule has 0 spiro atoms. The molecular formula is C9H15N3O. The average Bonchev–Trinajstić information content (AvgIpc) is 2.49. The first-order chi connectivity index (χ1) is 6.29. The van der Waals surface area contributed by atoms with Crippen LogP contribution in [0.25, 0.3) is 0 Å². The predicted octanol–water partition coefficient (Wildman–Crippen LogP) is 1.24. The molecule has 0 bridgehead atoms. The van der Waals surface area contributed by atoms with E-state index in [1.54, 1.807) is 4.68 Å². The molecule has 1 aromatic rings. The van der Waals surface area contributed by atoms with Gasteiger partial charge in [0.1, 0.15) is 5.82 Å². The van der Waals surface area contributed by atoms with Gasteiger partial charge in [0.25, 0.3) is 0 Å². The van der Waals surface area contributed by atoms with Gasteiger partial charge >= 0.3 is 0 Å². The van der Waals surface area contributed by atoms with Crippen molar-refractivity contribution in [3.63, 3.8) is 0 Å². The Balaban J connectivity index is 2.18. The Morgan fingerprint density at radius 1 is 1.62 bits per heavy atom. The molecule has 0 amide bonds. The van der Waals surface area contributed by atoms with E-state index in [0.29, 0.717) is 0 Å². The third-order valence-corrected chi connectivity index (χ3v) is 2.54. The Labute approximate surface area is 77.7 Å². The molecule has 4 heteroatoms. The highest BCUT2D eigenvalue weighted by atomic mass is 16.5. The van der Waals surface area contributed by atoms with E-state index >= 15 is 0 Å². The van der Waals surface area contributed by atoms with Crippen molar-refractivity contribution < 1.29 is 4.74 Å². The van der Waals surface area contributed by atoms with E-state index in [1.165, 1.54) is 6.42 Å². The molecule has 2 rings (SSSR count). The maximum Gasteiger partial charge on any atom is 0.127 e. The van der Waals surface area contributed by atoms with Gasteiger partial charge in [-0.2, -0.15) is 5.10 Å². The summed E-state index contributed by atoms with van der Waals surface area (Å²) in [5.41, 5.74) is 6.90. The van der Waals surface area contributed by atoms with Crippen LogP contribution in [-0.4, -0.2) is 16.4 Å². The van der Waals surface area contributed by atoms with Gasteiger partial charge in [0.15, 0.2) is 0 Å². The fourth-order valence-corrected chi connectivity index (χ4v) is 1.70. The van der Waals surface area contributed by atoms with Gasteiger partial charge in [-0.25, -0.2) is 0 Å². The van der Waals surface area contributed by atoms with Crippen LogP contribution in [0.2, 0.25) is 0 Å². The second kappa shape index (κ2) is 3.38. The Bertz CT molecular complexity index is 289. The van der Waals surface area contributed by atoms with Crippen molar-refractivity contribution in [2.75, 3.05) is 12.3 Å². The molecule has 1 aliphatic heterocycles. The van der Waals surface area contributed by atoms with Crippen LogP contribution in [0, 0.1) is 0 Å². The zero-order valence-electron chi connectivity index (χ0n) is 7.86. The minimum absolute atomic E-state index is 0.169. The van der Waals surface area contributed by atoms with Crippen molar-refractivity contribution in [1.29, 1.82) is 0 Å². The first-order valence-electron chi connectivity index (χ1n) is 4.68. The van der Waals surface area contributed by atoms with Crippen LogP contribution >= 0.6 is 0 Å². The number of aromatic nitrogens is 2. The van der Waals surface area contributed by atoms with E-state index < -0.39 is 0 Å². The van der Waals surface area contributed by atoms with E-state index in [0.717, 1.165) is 30.8 Å². The number of nitrogens with two attached hydrogens (primary N) is 1. The van der Waals surface area contributed by atoms with Gasteiger partial charge in [-0.05, 0) is 19.3 Å². The highest BCUT2D eigenvalue weighted by Gasteiger charge is 2.20. The van der Waals surface area contributed by atoms with Crippen LogP contribution in [0.4, 0.5) is 5.82 Å². The summed E-state index contributed by atoms with van der Waals surface area (Å²) in [7, 11) is 1.85. The van der Waals surface area contributed by atoms with Gasteiger partial charge in [-0.15, -0.1) is 0 Å².